The van der Waals surface area contributed by atoms with E-state index in [1.807, 2.05) is 0 Å². The minimum atomic E-state index is 0.0102. The van der Waals surface area contributed by atoms with Gasteiger partial charge in [-0.3, -0.25) is 0 Å². The van der Waals surface area contributed by atoms with Crippen LogP contribution in [0.1, 0.15) is 0 Å². The summed E-state index contributed by atoms with van der Waals surface area (Å²) >= 11 is 3.19. The van der Waals surface area contributed by atoms with E-state index in [1.54, 1.807) is 0 Å². The second-order valence-corrected chi connectivity index (χ2v) is 3.34. The SMILES string of the molecule is [N-]=[N+]=NCCOCCBr.[N-]=[N+]=NCCOCCO. The van der Waals surface area contributed by atoms with Gasteiger partial charge in [-0.05, 0) is 11.1 Å². The van der Waals surface area contributed by atoms with E-state index in [1.165, 1.54) is 0 Å². The molecule has 0 aromatic rings. The van der Waals surface area contributed by atoms with Crippen molar-refractivity contribution in [2.45, 2.75) is 0 Å². The Hall–Kier alpha value is -1.02. The zero-order valence-electron chi connectivity index (χ0n) is 9.98. The van der Waals surface area contributed by atoms with Gasteiger partial charge in [0.25, 0.3) is 0 Å². The number of rotatable bonds is 10. The lowest BCUT2D eigenvalue weighted by atomic mass is 10.7. The summed E-state index contributed by atoms with van der Waals surface area (Å²) in [6.07, 6.45) is 0. The Labute approximate surface area is 113 Å². The number of azide groups is 2. The Morgan fingerprint density at radius 1 is 0.944 bits per heavy atom. The Morgan fingerprint density at radius 3 is 1.83 bits per heavy atom. The van der Waals surface area contributed by atoms with Gasteiger partial charge in [-0.25, -0.2) is 0 Å². The summed E-state index contributed by atoms with van der Waals surface area (Å²) in [5.74, 6) is 0. The predicted molar refractivity (Wildman–Crippen MR) is 70.5 cm³/mol. The van der Waals surface area contributed by atoms with E-state index >= 15 is 0 Å². The Bertz CT molecular complexity index is 229. The number of aliphatic hydroxyl groups is 1. The molecule has 9 nitrogen and oxygen atoms in total. The summed E-state index contributed by atoms with van der Waals surface area (Å²) in [7, 11) is 0. The number of alkyl halides is 1. The molecular weight excluding hydrogens is 308 g/mol. The van der Waals surface area contributed by atoms with Gasteiger partial charge in [0, 0.05) is 28.2 Å². The molecule has 0 fully saturated rings. The third kappa shape index (κ3) is 24.3. The number of hydrogen-bond acceptors (Lipinski definition) is 5. The molecule has 0 amide bonds. The van der Waals surface area contributed by atoms with Crippen molar-refractivity contribution >= 4 is 15.9 Å². The summed E-state index contributed by atoms with van der Waals surface area (Å²) in [5.41, 5.74) is 15.6. The van der Waals surface area contributed by atoms with Gasteiger partial charge < -0.3 is 14.6 Å². The molecule has 18 heavy (non-hydrogen) atoms. The molecule has 0 aromatic carbocycles. The van der Waals surface area contributed by atoms with E-state index in [0.29, 0.717) is 39.5 Å². The summed E-state index contributed by atoms with van der Waals surface area (Å²) in [6.45, 7) is 2.62. The molecule has 104 valence electrons. The second kappa shape index (κ2) is 21.3. The van der Waals surface area contributed by atoms with Gasteiger partial charge in [0.2, 0.25) is 0 Å². The predicted octanol–water partition coefficient (Wildman–Crippen LogP) is 2.01. The largest absolute Gasteiger partial charge is 0.394 e. The third-order valence-electron chi connectivity index (χ3n) is 1.25. The summed E-state index contributed by atoms with van der Waals surface area (Å²) in [5, 5.41) is 15.5. The quantitative estimate of drug-likeness (QED) is 0.216. The second-order valence-electron chi connectivity index (χ2n) is 2.55. The van der Waals surface area contributed by atoms with Crippen molar-refractivity contribution in [3.8, 4) is 0 Å². The highest BCUT2D eigenvalue weighted by Gasteiger charge is 1.82. The van der Waals surface area contributed by atoms with E-state index in [9.17, 15) is 0 Å². The van der Waals surface area contributed by atoms with Gasteiger partial charge in [0.1, 0.15) is 0 Å². The van der Waals surface area contributed by atoms with E-state index in [4.69, 9.17) is 25.6 Å². The molecule has 0 aromatic heterocycles. The summed E-state index contributed by atoms with van der Waals surface area (Å²) in [4.78, 5) is 5.08. The fourth-order valence-corrected chi connectivity index (χ4v) is 0.852. The Kier molecular flexibility index (Phi) is 22.8. The normalized spacial score (nSPS) is 8.56. The minimum absolute atomic E-state index is 0.0102. The molecule has 0 aliphatic rings. The Balaban J connectivity index is 0. The monoisotopic (exact) mass is 324 g/mol. The molecule has 0 spiro atoms. The van der Waals surface area contributed by atoms with Crippen molar-refractivity contribution in [3.63, 3.8) is 0 Å². The topological polar surface area (TPSA) is 136 Å². The highest BCUT2D eigenvalue weighted by Crippen LogP contribution is 1.81. The van der Waals surface area contributed by atoms with Crippen molar-refractivity contribution in [1.82, 2.24) is 0 Å². The molecule has 0 heterocycles. The maximum atomic E-state index is 8.19. The zero-order valence-corrected chi connectivity index (χ0v) is 11.6. The van der Waals surface area contributed by atoms with Crippen LogP contribution in [0.3, 0.4) is 0 Å². The molecule has 1 N–H and O–H groups in total. The lowest BCUT2D eigenvalue weighted by molar-refractivity contribution is 0.0976. The molecule has 0 radical (unpaired) electrons. The van der Waals surface area contributed by atoms with Crippen molar-refractivity contribution < 1.29 is 14.6 Å². The van der Waals surface area contributed by atoms with Crippen molar-refractivity contribution in [3.05, 3.63) is 20.9 Å². The van der Waals surface area contributed by atoms with Crippen LogP contribution in [0.25, 0.3) is 20.9 Å². The third-order valence-corrected chi connectivity index (χ3v) is 1.58. The van der Waals surface area contributed by atoms with E-state index in [0.717, 1.165) is 5.33 Å². The fourth-order valence-electron chi connectivity index (χ4n) is 0.623. The lowest BCUT2D eigenvalue weighted by Gasteiger charge is -1.95. The summed E-state index contributed by atoms with van der Waals surface area (Å²) < 4.78 is 9.74. The summed E-state index contributed by atoms with van der Waals surface area (Å²) in [6, 6.07) is 0. The highest BCUT2D eigenvalue weighted by molar-refractivity contribution is 9.09. The van der Waals surface area contributed by atoms with Gasteiger partial charge >= 0.3 is 0 Å². The van der Waals surface area contributed by atoms with E-state index in [2.05, 4.69) is 36.0 Å². The number of nitrogens with zero attached hydrogens (tertiary/aromatic N) is 6. The fraction of sp³-hybridized carbons (Fsp3) is 1.00. The van der Waals surface area contributed by atoms with Crippen LogP contribution in [-0.4, -0.2) is 56.6 Å². The first-order valence-electron chi connectivity index (χ1n) is 5.17. The lowest BCUT2D eigenvalue weighted by Crippen LogP contribution is -2.02. The average molecular weight is 325 g/mol. The molecule has 10 heteroatoms. The van der Waals surface area contributed by atoms with Crippen LogP contribution >= 0.6 is 15.9 Å². The van der Waals surface area contributed by atoms with Crippen molar-refractivity contribution in [2.75, 3.05) is 51.5 Å². The molecule has 0 unspecified atom stereocenters. The van der Waals surface area contributed by atoms with Crippen LogP contribution in [0.5, 0.6) is 0 Å². The van der Waals surface area contributed by atoms with Crippen LogP contribution in [0, 0.1) is 0 Å². The molecule has 0 rings (SSSR count). The average Bonchev–Trinajstić information content (AvgIpc) is 2.39. The molecule has 0 saturated heterocycles. The van der Waals surface area contributed by atoms with Crippen LogP contribution in [0.2, 0.25) is 0 Å². The maximum absolute atomic E-state index is 8.19. The number of halogens is 1. The molecule has 0 atom stereocenters. The van der Waals surface area contributed by atoms with Crippen molar-refractivity contribution in [2.24, 2.45) is 10.2 Å². The van der Waals surface area contributed by atoms with E-state index in [-0.39, 0.29) is 6.61 Å². The van der Waals surface area contributed by atoms with Crippen LogP contribution in [0.4, 0.5) is 0 Å². The first-order valence-corrected chi connectivity index (χ1v) is 6.29. The Morgan fingerprint density at radius 2 is 1.44 bits per heavy atom. The van der Waals surface area contributed by atoms with Crippen LogP contribution in [-0.2, 0) is 9.47 Å². The first-order chi connectivity index (χ1) is 8.83. The van der Waals surface area contributed by atoms with Gasteiger partial charge in [0.15, 0.2) is 0 Å². The van der Waals surface area contributed by atoms with Gasteiger partial charge in [-0.1, -0.05) is 26.2 Å². The zero-order chi connectivity index (χ0) is 13.9. The van der Waals surface area contributed by atoms with E-state index < -0.39 is 0 Å². The van der Waals surface area contributed by atoms with Gasteiger partial charge in [0.05, 0.1) is 33.0 Å². The molecule has 0 saturated carbocycles. The molecule has 0 aliphatic heterocycles. The molecule has 0 bridgehead atoms. The van der Waals surface area contributed by atoms with Gasteiger partial charge in [-0.15, -0.1) is 0 Å². The van der Waals surface area contributed by atoms with Crippen LogP contribution < -0.4 is 0 Å². The standard InChI is InChI=1S/C4H8BrN3O.C4H9N3O2/c5-1-3-9-4-2-7-8-6;5-7-6-1-3-9-4-2-8/h1-4H2;8H,1-4H2. The van der Waals surface area contributed by atoms with Crippen molar-refractivity contribution in [1.29, 1.82) is 0 Å². The minimum Gasteiger partial charge on any atom is -0.394 e. The molecule has 0 aliphatic carbocycles. The maximum Gasteiger partial charge on any atom is 0.0697 e. The number of aliphatic hydroxyl groups excluding tert-OH is 1. The number of hydrogen-bond donors (Lipinski definition) is 1. The number of ether oxygens (including phenoxy) is 2. The molecular formula is C8H17BrN6O3. The first kappa shape index (κ1) is 19.3. The van der Waals surface area contributed by atoms with Crippen LogP contribution in [0.15, 0.2) is 10.2 Å². The smallest absolute Gasteiger partial charge is 0.0697 e. The highest BCUT2D eigenvalue weighted by atomic mass is 79.9. The van der Waals surface area contributed by atoms with Gasteiger partial charge in [-0.2, -0.15) is 0 Å².